The van der Waals surface area contributed by atoms with Crippen LogP contribution in [0.1, 0.15) is 89.4 Å². The van der Waals surface area contributed by atoms with E-state index >= 15 is 0 Å². The number of halogens is 2. The van der Waals surface area contributed by atoms with Gasteiger partial charge in [-0.25, -0.2) is 0 Å². The first-order valence-electron chi connectivity index (χ1n) is 12.7. The third-order valence-corrected chi connectivity index (χ3v) is 14.1. The number of hydrogen-bond acceptors (Lipinski definition) is 4. The van der Waals surface area contributed by atoms with Gasteiger partial charge in [0.25, 0.3) is 0 Å². The summed E-state index contributed by atoms with van der Waals surface area (Å²) in [6, 6.07) is 5.45. The predicted octanol–water partition coefficient (Wildman–Crippen LogP) is 8.46. The van der Waals surface area contributed by atoms with Crippen LogP contribution in [0.4, 0.5) is 0 Å². The van der Waals surface area contributed by atoms with E-state index in [4.69, 9.17) is 32.2 Å². The summed E-state index contributed by atoms with van der Waals surface area (Å²) in [5.41, 5.74) is 1.34. The van der Waals surface area contributed by atoms with Crippen molar-refractivity contribution in [1.29, 1.82) is 0 Å². The molecule has 0 saturated heterocycles. The zero-order valence-corrected chi connectivity index (χ0v) is 23.5. The molecule has 0 unspecified atom stereocenters. The number of aliphatic hydroxyl groups is 1. The molecule has 0 radical (unpaired) electrons. The van der Waals surface area contributed by atoms with Gasteiger partial charge < -0.3 is 14.1 Å². The molecule has 5 rings (SSSR count). The fourth-order valence-corrected chi connectivity index (χ4v) is 7.90. The van der Waals surface area contributed by atoms with E-state index in [1.54, 1.807) is 0 Å². The lowest BCUT2D eigenvalue weighted by Crippen LogP contribution is -2.53. The van der Waals surface area contributed by atoms with E-state index in [9.17, 15) is 5.11 Å². The van der Waals surface area contributed by atoms with Crippen LogP contribution < -0.4 is 0 Å². The fraction of sp³-hybridized carbons (Fsp3) is 0.667. The Labute approximate surface area is 214 Å². The summed E-state index contributed by atoms with van der Waals surface area (Å²) in [5.74, 6) is 1.17. The van der Waals surface area contributed by atoms with Crippen molar-refractivity contribution in [3.63, 3.8) is 0 Å². The summed E-state index contributed by atoms with van der Waals surface area (Å²) in [5, 5.41) is 17.6. The second-order valence-electron chi connectivity index (χ2n) is 12.6. The summed E-state index contributed by atoms with van der Waals surface area (Å²) in [6.45, 7) is 11.6. The van der Waals surface area contributed by atoms with Crippen molar-refractivity contribution in [3.05, 3.63) is 39.6 Å². The van der Waals surface area contributed by atoms with Crippen molar-refractivity contribution in [2.75, 3.05) is 0 Å². The molecule has 186 valence electrons. The molecule has 3 fully saturated rings. The van der Waals surface area contributed by atoms with Crippen LogP contribution in [0.15, 0.2) is 22.7 Å². The summed E-state index contributed by atoms with van der Waals surface area (Å²) in [6.07, 6.45) is 8.32. The van der Waals surface area contributed by atoms with Crippen molar-refractivity contribution in [2.24, 2.45) is 5.41 Å². The minimum absolute atomic E-state index is 0.168. The molecule has 1 aromatic carbocycles. The maximum absolute atomic E-state index is 11.9. The second kappa shape index (κ2) is 8.34. The lowest BCUT2D eigenvalue weighted by molar-refractivity contribution is -0.157. The van der Waals surface area contributed by atoms with Gasteiger partial charge in [0, 0.05) is 17.6 Å². The monoisotopic (exact) mass is 521 g/mol. The van der Waals surface area contributed by atoms with Crippen LogP contribution in [0.25, 0.3) is 11.3 Å². The SMILES string of the molecule is CC(C)(C)[Si](C)(C)OC1CCC2(CC1)CC(O)(c1c(-c3c(Cl)cccc3Cl)noc1C1CC1)C2. The maximum atomic E-state index is 11.9. The van der Waals surface area contributed by atoms with E-state index in [0.29, 0.717) is 33.3 Å². The van der Waals surface area contributed by atoms with Gasteiger partial charge >= 0.3 is 0 Å². The third-order valence-electron chi connectivity index (χ3n) is 8.93. The molecule has 3 aliphatic carbocycles. The minimum Gasteiger partial charge on any atom is -0.414 e. The number of aromatic nitrogens is 1. The molecule has 4 nitrogen and oxygen atoms in total. The molecule has 3 saturated carbocycles. The Kier molecular flexibility index (Phi) is 6.09. The van der Waals surface area contributed by atoms with Crippen molar-refractivity contribution >= 4 is 31.5 Å². The standard InChI is InChI=1S/C27H37Cl2NO3Si/c1-25(2,3)34(4,5)33-18-11-13-26(14-12-18)15-27(31,16-26)22-23(30-32-24(22)17-9-10-17)21-19(28)7-6-8-20(21)29/h6-8,17-18,31H,9-16H2,1-5H3. The molecule has 2 aromatic rings. The molecule has 1 N–H and O–H groups in total. The topological polar surface area (TPSA) is 55.5 Å². The Bertz CT molecular complexity index is 1050. The summed E-state index contributed by atoms with van der Waals surface area (Å²) in [4.78, 5) is 0. The van der Waals surface area contributed by atoms with Gasteiger partial charge in [0.15, 0.2) is 8.32 Å². The van der Waals surface area contributed by atoms with Gasteiger partial charge in [-0.15, -0.1) is 0 Å². The molecule has 0 amide bonds. The van der Waals surface area contributed by atoms with E-state index in [2.05, 4.69) is 39.0 Å². The van der Waals surface area contributed by atoms with E-state index < -0.39 is 13.9 Å². The molecule has 0 bridgehead atoms. The molecule has 1 heterocycles. The molecule has 34 heavy (non-hydrogen) atoms. The van der Waals surface area contributed by atoms with Crippen molar-refractivity contribution in [2.45, 2.75) is 108 Å². The first-order valence-corrected chi connectivity index (χ1v) is 16.4. The van der Waals surface area contributed by atoms with Crippen LogP contribution in [0.2, 0.25) is 28.2 Å². The van der Waals surface area contributed by atoms with Crippen molar-refractivity contribution < 1.29 is 14.1 Å². The minimum atomic E-state index is -1.77. The largest absolute Gasteiger partial charge is 0.414 e. The zero-order valence-electron chi connectivity index (χ0n) is 21.0. The van der Waals surface area contributed by atoms with Gasteiger partial charge in [0.2, 0.25) is 0 Å². The van der Waals surface area contributed by atoms with Crippen LogP contribution in [0.5, 0.6) is 0 Å². The number of hydrogen-bond donors (Lipinski definition) is 1. The van der Waals surface area contributed by atoms with Crippen LogP contribution in [0, 0.1) is 5.41 Å². The van der Waals surface area contributed by atoms with E-state index in [0.717, 1.165) is 62.7 Å². The quantitative estimate of drug-likeness (QED) is 0.400. The highest BCUT2D eigenvalue weighted by Crippen LogP contribution is 2.64. The maximum Gasteiger partial charge on any atom is 0.192 e. The smallest absolute Gasteiger partial charge is 0.192 e. The summed E-state index contributed by atoms with van der Waals surface area (Å²) in [7, 11) is -1.77. The van der Waals surface area contributed by atoms with Crippen molar-refractivity contribution in [1.82, 2.24) is 5.16 Å². The first-order chi connectivity index (χ1) is 15.8. The van der Waals surface area contributed by atoms with Crippen LogP contribution in [-0.2, 0) is 10.0 Å². The molecule has 0 atom stereocenters. The highest BCUT2D eigenvalue weighted by Gasteiger charge is 2.59. The second-order valence-corrected chi connectivity index (χ2v) is 18.2. The first kappa shape index (κ1) is 24.8. The third kappa shape index (κ3) is 4.30. The Morgan fingerprint density at radius 1 is 1.06 bits per heavy atom. The van der Waals surface area contributed by atoms with Crippen LogP contribution in [-0.4, -0.2) is 24.7 Å². The molecule has 1 aromatic heterocycles. The van der Waals surface area contributed by atoms with Gasteiger partial charge in [0.05, 0.1) is 21.2 Å². The van der Waals surface area contributed by atoms with Gasteiger partial charge in [-0.2, -0.15) is 0 Å². The Morgan fingerprint density at radius 3 is 2.18 bits per heavy atom. The van der Waals surface area contributed by atoms with Gasteiger partial charge in [-0.3, -0.25) is 0 Å². The molecule has 0 aliphatic heterocycles. The average molecular weight is 523 g/mol. The van der Waals surface area contributed by atoms with Crippen LogP contribution in [0.3, 0.4) is 0 Å². The highest BCUT2D eigenvalue weighted by atomic mass is 35.5. The predicted molar refractivity (Wildman–Crippen MR) is 140 cm³/mol. The molecular weight excluding hydrogens is 485 g/mol. The molecular formula is C27H37Cl2NO3Si. The van der Waals surface area contributed by atoms with E-state index in [-0.39, 0.29) is 10.5 Å². The lowest BCUT2D eigenvalue weighted by Gasteiger charge is -2.57. The molecule has 7 heteroatoms. The normalized spacial score (nSPS) is 29.9. The Morgan fingerprint density at radius 2 is 1.65 bits per heavy atom. The molecule has 1 spiro atoms. The van der Waals surface area contributed by atoms with E-state index in [1.165, 1.54) is 0 Å². The number of rotatable bonds is 5. The van der Waals surface area contributed by atoms with Gasteiger partial charge in [0.1, 0.15) is 11.5 Å². The number of nitrogens with zero attached hydrogens (tertiary/aromatic N) is 1. The van der Waals surface area contributed by atoms with Crippen LogP contribution >= 0.6 is 23.2 Å². The average Bonchev–Trinajstić information content (AvgIpc) is 3.47. The Hall–Kier alpha value is -0.853. The van der Waals surface area contributed by atoms with Gasteiger partial charge in [-0.05, 0) is 87.0 Å². The number of benzene rings is 1. The molecule has 3 aliphatic rings. The Balaban J connectivity index is 1.35. The van der Waals surface area contributed by atoms with Crippen molar-refractivity contribution in [3.8, 4) is 11.3 Å². The lowest BCUT2D eigenvalue weighted by atomic mass is 9.51. The van der Waals surface area contributed by atoms with Gasteiger partial charge in [-0.1, -0.05) is 55.2 Å². The summed E-state index contributed by atoms with van der Waals surface area (Å²) >= 11 is 13.1. The highest BCUT2D eigenvalue weighted by molar-refractivity contribution is 6.74. The summed E-state index contributed by atoms with van der Waals surface area (Å²) < 4.78 is 12.6. The fourth-order valence-electron chi connectivity index (χ4n) is 5.91. The zero-order chi connectivity index (χ0) is 24.5. The van der Waals surface area contributed by atoms with E-state index in [1.807, 2.05) is 18.2 Å².